The maximum Gasteiger partial charge on any atom is 0.222 e. The highest BCUT2D eigenvalue weighted by Crippen LogP contribution is 2.18. The lowest BCUT2D eigenvalue weighted by atomic mass is 9.97. The molecule has 3 nitrogen and oxygen atoms in total. The zero-order valence-electron chi connectivity index (χ0n) is 10.7. The second kappa shape index (κ2) is 6.89. The van der Waals surface area contributed by atoms with Crippen LogP contribution in [0.25, 0.3) is 0 Å². The van der Waals surface area contributed by atoms with Crippen LogP contribution in [0.2, 0.25) is 0 Å². The average molecular weight is 226 g/mol. The molecule has 1 fully saturated rings. The van der Waals surface area contributed by atoms with Gasteiger partial charge in [-0.2, -0.15) is 0 Å². The number of likely N-dealkylation sites (tertiary alicyclic amines) is 1. The Morgan fingerprint density at radius 3 is 2.88 bits per heavy atom. The lowest BCUT2D eigenvalue weighted by Crippen LogP contribution is -2.47. The third kappa shape index (κ3) is 4.12. The Hall–Kier alpha value is -0.570. The van der Waals surface area contributed by atoms with E-state index in [0.29, 0.717) is 18.2 Å². The molecule has 94 valence electrons. The number of nitrogens with two attached hydrogens (primary N) is 1. The Labute approximate surface area is 99.4 Å². The predicted molar refractivity (Wildman–Crippen MR) is 67.1 cm³/mol. The monoisotopic (exact) mass is 226 g/mol. The number of carbonyl (C=O) groups is 1. The highest BCUT2D eigenvalue weighted by Gasteiger charge is 2.24. The molecule has 1 aliphatic rings. The lowest BCUT2D eigenvalue weighted by molar-refractivity contribution is -0.134. The first-order valence-electron chi connectivity index (χ1n) is 6.70. The summed E-state index contributed by atoms with van der Waals surface area (Å²) in [6.07, 6.45) is 6.42. The van der Waals surface area contributed by atoms with Gasteiger partial charge < -0.3 is 10.6 Å². The standard InChI is InChI=1S/C13H26N2O/c1-3-5-6-11(4-2)9-15-10-12(14)7-8-13(15)16/h11-12H,3-10,14H2,1-2H3. The molecule has 0 aromatic carbocycles. The molecule has 1 saturated heterocycles. The van der Waals surface area contributed by atoms with Gasteiger partial charge in [-0.25, -0.2) is 0 Å². The first kappa shape index (κ1) is 13.5. The first-order valence-corrected chi connectivity index (χ1v) is 6.70. The van der Waals surface area contributed by atoms with Gasteiger partial charge in [-0.1, -0.05) is 33.1 Å². The minimum absolute atomic E-state index is 0.196. The molecule has 1 amide bonds. The summed E-state index contributed by atoms with van der Waals surface area (Å²) in [5.41, 5.74) is 5.91. The molecule has 0 radical (unpaired) electrons. The topological polar surface area (TPSA) is 46.3 Å². The van der Waals surface area contributed by atoms with Crippen molar-refractivity contribution in [2.24, 2.45) is 11.7 Å². The van der Waals surface area contributed by atoms with E-state index < -0.39 is 0 Å². The van der Waals surface area contributed by atoms with Gasteiger partial charge in [0, 0.05) is 25.6 Å². The van der Waals surface area contributed by atoms with Gasteiger partial charge in [0.15, 0.2) is 0 Å². The molecule has 0 aromatic rings. The van der Waals surface area contributed by atoms with E-state index in [1.54, 1.807) is 0 Å². The highest BCUT2D eigenvalue weighted by molar-refractivity contribution is 5.77. The van der Waals surface area contributed by atoms with Crippen LogP contribution in [0.3, 0.4) is 0 Å². The summed E-state index contributed by atoms with van der Waals surface area (Å²) >= 11 is 0. The summed E-state index contributed by atoms with van der Waals surface area (Å²) in [5, 5.41) is 0. The second-order valence-corrected chi connectivity index (χ2v) is 5.01. The van der Waals surface area contributed by atoms with Gasteiger partial charge in [-0.05, 0) is 18.8 Å². The van der Waals surface area contributed by atoms with Crippen LogP contribution in [-0.2, 0) is 4.79 Å². The van der Waals surface area contributed by atoms with Crippen LogP contribution < -0.4 is 5.73 Å². The molecule has 16 heavy (non-hydrogen) atoms. The van der Waals surface area contributed by atoms with Crippen molar-refractivity contribution in [1.29, 1.82) is 0 Å². The Balaban J connectivity index is 2.39. The van der Waals surface area contributed by atoms with Crippen LogP contribution in [-0.4, -0.2) is 29.9 Å². The zero-order chi connectivity index (χ0) is 12.0. The van der Waals surface area contributed by atoms with E-state index in [4.69, 9.17) is 5.73 Å². The second-order valence-electron chi connectivity index (χ2n) is 5.01. The quantitative estimate of drug-likeness (QED) is 0.754. The van der Waals surface area contributed by atoms with Crippen molar-refractivity contribution in [2.45, 2.75) is 58.4 Å². The molecule has 0 aliphatic carbocycles. The summed E-state index contributed by atoms with van der Waals surface area (Å²) in [6.45, 7) is 6.12. The SMILES string of the molecule is CCCCC(CC)CN1CC(N)CCC1=O. The van der Waals surface area contributed by atoms with Gasteiger partial charge in [0.2, 0.25) is 5.91 Å². The van der Waals surface area contributed by atoms with Crippen molar-refractivity contribution in [2.75, 3.05) is 13.1 Å². The number of rotatable bonds is 6. The average Bonchev–Trinajstić information content (AvgIpc) is 2.28. The van der Waals surface area contributed by atoms with Crippen LogP contribution in [0, 0.1) is 5.92 Å². The minimum atomic E-state index is 0.196. The van der Waals surface area contributed by atoms with E-state index >= 15 is 0 Å². The number of carbonyl (C=O) groups excluding carboxylic acids is 1. The molecule has 2 unspecified atom stereocenters. The Morgan fingerprint density at radius 2 is 2.25 bits per heavy atom. The van der Waals surface area contributed by atoms with E-state index in [1.165, 1.54) is 25.7 Å². The van der Waals surface area contributed by atoms with Crippen molar-refractivity contribution in [3.63, 3.8) is 0 Å². The van der Waals surface area contributed by atoms with Gasteiger partial charge in [0.05, 0.1) is 0 Å². The predicted octanol–water partition coefficient (Wildman–Crippen LogP) is 2.15. The number of hydrogen-bond acceptors (Lipinski definition) is 2. The van der Waals surface area contributed by atoms with E-state index in [9.17, 15) is 4.79 Å². The number of hydrogen-bond donors (Lipinski definition) is 1. The Morgan fingerprint density at radius 1 is 1.50 bits per heavy atom. The van der Waals surface area contributed by atoms with Crippen LogP contribution >= 0.6 is 0 Å². The third-order valence-corrected chi connectivity index (χ3v) is 3.56. The molecule has 3 heteroatoms. The molecule has 0 bridgehead atoms. The fraction of sp³-hybridized carbons (Fsp3) is 0.923. The highest BCUT2D eigenvalue weighted by atomic mass is 16.2. The van der Waals surface area contributed by atoms with Crippen LogP contribution in [0.4, 0.5) is 0 Å². The summed E-state index contributed by atoms with van der Waals surface area (Å²) in [5.74, 6) is 0.964. The van der Waals surface area contributed by atoms with E-state index in [1.807, 2.05) is 4.90 Å². The summed E-state index contributed by atoms with van der Waals surface area (Å²) < 4.78 is 0. The number of nitrogens with zero attached hydrogens (tertiary/aromatic N) is 1. The van der Waals surface area contributed by atoms with Gasteiger partial charge in [-0.15, -0.1) is 0 Å². The van der Waals surface area contributed by atoms with Crippen molar-refractivity contribution in [1.82, 2.24) is 4.90 Å². The van der Waals surface area contributed by atoms with E-state index in [0.717, 1.165) is 19.5 Å². The van der Waals surface area contributed by atoms with E-state index in [2.05, 4.69) is 13.8 Å². The Bertz CT molecular complexity index is 218. The molecular weight excluding hydrogens is 200 g/mol. The summed E-state index contributed by atoms with van der Waals surface area (Å²) in [6, 6.07) is 0.196. The van der Waals surface area contributed by atoms with Crippen molar-refractivity contribution < 1.29 is 4.79 Å². The molecule has 0 aromatic heterocycles. The van der Waals surface area contributed by atoms with E-state index in [-0.39, 0.29) is 6.04 Å². The maximum absolute atomic E-state index is 11.7. The van der Waals surface area contributed by atoms with Crippen LogP contribution in [0.15, 0.2) is 0 Å². The molecule has 0 saturated carbocycles. The molecule has 1 rings (SSSR count). The fourth-order valence-corrected chi connectivity index (χ4v) is 2.35. The normalized spacial score (nSPS) is 23.6. The van der Waals surface area contributed by atoms with Crippen molar-refractivity contribution in [3.8, 4) is 0 Å². The van der Waals surface area contributed by atoms with Gasteiger partial charge in [0.25, 0.3) is 0 Å². The van der Waals surface area contributed by atoms with Crippen LogP contribution in [0.5, 0.6) is 0 Å². The maximum atomic E-state index is 11.7. The fourth-order valence-electron chi connectivity index (χ4n) is 2.35. The lowest BCUT2D eigenvalue weighted by Gasteiger charge is -2.33. The molecular formula is C13H26N2O. The first-order chi connectivity index (χ1) is 7.67. The summed E-state index contributed by atoms with van der Waals surface area (Å²) in [4.78, 5) is 13.7. The largest absolute Gasteiger partial charge is 0.341 e. The van der Waals surface area contributed by atoms with Crippen LogP contribution in [0.1, 0.15) is 52.4 Å². The van der Waals surface area contributed by atoms with Gasteiger partial charge in [-0.3, -0.25) is 4.79 Å². The molecule has 2 N–H and O–H groups in total. The van der Waals surface area contributed by atoms with Crippen molar-refractivity contribution >= 4 is 5.91 Å². The summed E-state index contributed by atoms with van der Waals surface area (Å²) in [7, 11) is 0. The molecule has 1 heterocycles. The number of amides is 1. The molecule has 0 spiro atoms. The number of unbranched alkanes of at least 4 members (excludes halogenated alkanes) is 1. The van der Waals surface area contributed by atoms with Gasteiger partial charge in [0.1, 0.15) is 0 Å². The Kier molecular flexibility index (Phi) is 5.81. The smallest absolute Gasteiger partial charge is 0.222 e. The number of piperidine rings is 1. The zero-order valence-corrected chi connectivity index (χ0v) is 10.7. The third-order valence-electron chi connectivity index (χ3n) is 3.56. The minimum Gasteiger partial charge on any atom is -0.341 e. The molecule has 2 atom stereocenters. The van der Waals surface area contributed by atoms with Crippen molar-refractivity contribution in [3.05, 3.63) is 0 Å². The molecule has 1 aliphatic heterocycles. The van der Waals surface area contributed by atoms with Gasteiger partial charge >= 0.3 is 0 Å².